The van der Waals surface area contributed by atoms with E-state index in [1.165, 1.54) is 12.1 Å². The Hall–Kier alpha value is -2.67. The average molecular weight is 415 g/mol. The number of aromatic nitrogens is 1. The second-order valence-electron chi connectivity index (χ2n) is 7.33. The zero-order valence-corrected chi connectivity index (χ0v) is 17.1. The van der Waals surface area contributed by atoms with Crippen LogP contribution in [0.15, 0.2) is 62.9 Å². The monoisotopic (exact) mass is 414 g/mol. The fraction of sp³-hybridized carbons (Fsp3) is 0.318. The van der Waals surface area contributed by atoms with Crippen molar-refractivity contribution in [3.8, 4) is 11.5 Å². The molecule has 1 aliphatic heterocycles. The summed E-state index contributed by atoms with van der Waals surface area (Å²) in [4.78, 5) is 6.35. The van der Waals surface area contributed by atoms with E-state index in [0.29, 0.717) is 13.1 Å². The first-order chi connectivity index (χ1) is 14.0. The third-order valence-corrected chi connectivity index (χ3v) is 6.83. The van der Waals surface area contributed by atoms with Gasteiger partial charge in [0.2, 0.25) is 26.6 Å². The summed E-state index contributed by atoms with van der Waals surface area (Å²) in [6, 6.07) is 12.7. The van der Waals surface area contributed by atoms with Gasteiger partial charge in [-0.15, -0.1) is 0 Å². The van der Waals surface area contributed by atoms with Crippen LogP contribution in [0.25, 0.3) is 11.5 Å². The van der Waals surface area contributed by atoms with Crippen LogP contribution in [0.3, 0.4) is 0 Å². The first kappa shape index (κ1) is 19.6. The van der Waals surface area contributed by atoms with E-state index in [4.69, 9.17) is 4.42 Å². The van der Waals surface area contributed by atoms with Gasteiger partial charge in [-0.05, 0) is 44.0 Å². The molecule has 5 nitrogen and oxygen atoms in total. The normalized spacial score (nSPS) is 15.3. The highest BCUT2D eigenvalue weighted by atomic mass is 32.2. The van der Waals surface area contributed by atoms with Crippen molar-refractivity contribution in [3.63, 3.8) is 0 Å². The van der Waals surface area contributed by atoms with E-state index in [-0.39, 0.29) is 27.3 Å². The van der Waals surface area contributed by atoms with E-state index < -0.39 is 15.7 Å². The SMILES string of the molecule is Cc1ccc(S(=O)(=O)c2nc(-c3ccccc3F)oc2N2CCCCCC2)cc1. The predicted octanol–water partition coefficient (Wildman–Crippen LogP) is 5.00. The molecular formula is C22H23FN2O3S. The van der Waals surface area contributed by atoms with Crippen molar-refractivity contribution >= 4 is 15.7 Å². The summed E-state index contributed by atoms with van der Waals surface area (Å²) in [5.74, 6) is -0.325. The second kappa shape index (κ2) is 7.99. The van der Waals surface area contributed by atoms with Gasteiger partial charge in [0, 0.05) is 13.1 Å². The molecule has 0 N–H and O–H groups in total. The zero-order chi connectivity index (χ0) is 20.4. The van der Waals surface area contributed by atoms with E-state index in [0.717, 1.165) is 31.2 Å². The molecule has 29 heavy (non-hydrogen) atoms. The van der Waals surface area contributed by atoms with Crippen molar-refractivity contribution in [1.29, 1.82) is 0 Å². The molecule has 0 spiro atoms. The Balaban J connectivity index is 1.86. The van der Waals surface area contributed by atoms with E-state index in [1.54, 1.807) is 36.4 Å². The summed E-state index contributed by atoms with van der Waals surface area (Å²) in [6.45, 7) is 3.26. The Morgan fingerprint density at radius 1 is 0.966 bits per heavy atom. The van der Waals surface area contributed by atoms with Gasteiger partial charge in [0.25, 0.3) is 0 Å². The number of halogens is 1. The highest BCUT2D eigenvalue weighted by Crippen LogP contribution is 2.36. The molecule has 7 heteroatoms. The second-order valence-corrected chi connectivity index (χ2v) is 9.19. The van der Waals surface area contributed by atoms with E-state index in [2.05, 4.69) is 4.98 Å². The number of anilines is 1. The van der Waals surface area contributed by atoms with Crippen LogP contribution in [-0.4, -0.2) is 26.5 Å². The molecule has 152 valence electrons. The molecule has 2 aromatic carbocycles. The summed E-state index contributed by atoms with van der Waals surface area (Å²) >= 11 is 0. The van der Waals surface area contributed by atoms with E-state index in [9.17, 15) is 12.8 Å². The number of oxazole rings is 1. The van der Waals surface area contributed by atoms with E-state index >= 15 is 0 Å². The minimum absolute atomic E-state index is 0.0203. The third-order valence-electron chi connectivity index (χ3n) is 5.16. The largest absolute Gasteiger partial charge is 0.419 e. The maximum atomic E-state index is 14.3. The minimum Gasteiger partial charge on any atom is -0.419 e. The van der Waals surface area contributed by atoms with Crippen LogP contribution in [0.2, 0.25) is 0 Å². The Kier molecular flexibility index (Phi) is 5.41. The van der Waals surface area contributed by atoms with Gasteiger partial charge < -0.3 is 9.32 Å². The van der Waals surface area contributed by atoms with Crippen molar-refractivity contribution < 1.29 is 17.2 Å². The lowest BCUT2D eigenvalue weighted by Crippen LogP contribution is -2.25. The molecular weight excluding hydrogens is 391 g/mol. The molecule has 3 aromatic rings. The van der Waals surface area contributed by atoms with Gasteiger partial charge in [0.1, 0.15) is 5.82 Å². The van der Waals surface area contributed by atoms with Crippen LogP contribution in [0.5, 0.6) is 0 Å². The summed E-state index contributed by atoms with van der Waals surface area (Å²) in [7, 11) is -3.92. The lowest BCUT2D eigenvalue weighted by atomic mass is 10.2. The Morgan fingerprint density at radius 2 is 1.62 bits per heavy atom. The maximum absolute atomic E-state index is 14.3. The van der Waals surface area contributed by atoms with Crippen LogP contribution in [-0.2, 0) is 9.84 Å². The highest BCUT2D eigenvalue weighted by Gasteiger charge is 2.32. The molecule has 4 rings (SSSR count). The van der Waals surface area contributed by atoms with Gasteiger partial charge in [0.05, 0.1) is 10.5 Å². The molecule has 0 amide bonds. The third kappa shape index (κ3) is 3.92. The van der Waals surface area contributed by atoms with Gasteiger partial charge in [-0.25, -0.2) is 12.8 Å². The van der Waals surface area contributed by atoms with Crippen molar-refractivity contribution in [1.82, 2.24) is 4.98 Å². The maximum Gasteiger partial charge on any atom is 0.236 e. The molecule has 0 saturated carbocycles. The van der Waals surface area contributed by atoms with Crippen molar-refractivity contribution in [3.05, 3.63) is 59.9 Å². The van der Waals surface area contributed by atoms with Crippen LogP contribution in [0, 0.1) is 12.7 Å². The fourth-order valence-corrected chi connectivity index (χ4v) is 4.85. The lowest BCUT2D eigenvalue weighted by Gasteiger charge is -2.20. The van der Waals surface area contributed by atoms with Crippen LogP contribution in [0.1, 0.15) is 31.2 Å². The minimum atomic E-state index is -3.92. The highest BCUT2D eigenvalue weighted by molar-refractivity contribution is 7.91. The summed E-state index contributed by atoms with van der Waals surface area (Å²) in [5, 5.41) is -0.151. The van der Waals surface area contributed by atoms with Gasteiger partial charge in [-0.2, -0.15) is 4.98 Å². The predicted molar refractivity (Wildman–Crippen MR) is 109 cm³/mol. The van der Waals surface area contributed by atoms with Gasteiger partial charge >= 0.3 is 0 Å². The molecule has 0 radical (unpaired) electrons. The van der Waals surface area contributed by atoms with Crippen molar-refractivity contribution in [2.45, 2.75) is 42.5 Å². The molecule has 2 heterocycles. The summed E-state index contributed by atoms with van der Waals surface area (Å²) < 4.78 is 47.0. The smallest absolute Gasteiger partial charge is 0.236 e. The van der Waals surface area contributed by atoms with Crippen molar-refractivity contribution in [2.75, 3.05) is 18.0 Å². The Morgan fingerprint density at radius 3 is 2.28 bits per heavy atom. The first-order valence-corrected chi connectivity index (χ1v) is 11.3. The number of sulfone groups is 1. The van der Waals surface area contributed by atoms with Gasteiger partial charge in [-0.1, -0.05) is 42.7 Å². The molecule has 0 bridgehead atoms. The fourth-order valence-electron chi connectivity index (χ4n) is 3.53. The average Bonchev–Trinajstić information content (AvgIpc) is 2.98. The zero-order valence-electron chi connectivity index (χ0n) is 16.3. The number of aryl methyl sites for hydroxylation is 1. The lowest BCUT2D eigenvalue weighted by molar-refractivity contribution is 0.537. The first-order valence-electron chi connectivity index (χ1n) is 9.79. The van der Waals surface area contributed by atoms with Crippen LogP contribution >= 0.6 is 0 Å². The number of rotatable bonds is 4. The van der Waals surface area contributed by atoms with E-state index in [1.807, 2.05) is 11.8 Å². The van der Waals surface area contributed by atoms with Crippen LogP contribution in [0.4, 0.5) is 10.3 Å². The number of hydrogen-bond donors (Lipinski definition) is 0. The quantitative estimate of drug-likeness (QED) is 0.601. The number of hydrogen-bond acceptors (Lipinski definition) is 5. The number of benzene rings is 2. The summed E-state index contributed by atoms with van der Waals surface area (Å²) in [5.41, 5.74) is 1.11. The van der Waals surface area contributed by atoms with Crippen molar-refractivity contribution in [2.24, 2.45) is 0 Å². The number of nitrogens with zero attached hydrogens (tertiary/aromatic N) is 2. The Labute approximate surface area is 170 Å². The topological polar surface area (TPSA) is 63.4 Å². The standard InChI is InChI=1S/C22H23FN2O3S/c1-16-10-12-17(13-11-16)29(26,27)21-22(25-14-6-2-3-7-15-25)28-20(24-21)18-8-4-5-9-19(18)23/h4-5,8-13H,2-3,6-7,14-15H2,1H3. The molecule has 1 saturated heterocycles. The molecule has 1 fully saturated rings. The van der Waals surface area contributed by atoms with Gasteiger partial charge in [0.15, 0.2) is 0 Å². The summed E-state index contributed by atoms with van der Waals surface area (Å²) in [6.07, 6.45) is 4.06. The van der Waals surface area contributed by atoms with Gasteiger partial charge in [-0.3, -0.25) is 0 Å². The molecule has 1 aromatic heterocycles. The molecule has 0 aliphatic carbocycles. The molecule has 1 aliphatic rings. The molecule has 0 unspecified atom stereocenters. The van der Waals surface area contributed by atoms with Crippen LogP contribution < -0.4 is 4.90 Å². The Bertz CT molecular complexity index is 1100. The molecule has 0 atom stereocenters.